The molecule has 2 aromatic carbocycles. The number of hydrogen-bond acceptors (Lipinski definition) is 3. The van der Waals surface area contributed by atoms with E-state index in [4.69, 9.17) is 27.6 Å². The van der Waals surface area contributed by atoms with Gasteiger partial charge in [0.05, 0.1) is 16.2 Å². The molecule has 0 aliphatic rings. The number of oxazole rings is 1. The van der Waals surface area contributed by atoms with Crippen molar-refractivity contribution in [2.45, 2.75) is 6.54 Å². The standard InChI is InChI=1S/C16H12Cl2N2O/c17-14-5-4-11(6-15(14)18)8-20-13-3-1-2-12(7-13)16-9-19-10-21-16/h1-7,9-10,20H,8H2. The van der Waals surface area contributed by atoms with Crippen LogP contribution < -0.4 is 5.32 Å². The van der Waals surface area contributed by atoms with Gasteiger partial charge in [-0.05, 0) is 29.8 Å². The van der Waals surface area contributed by atoms with E-state index in [9.17, 15) is 0 Å². The zero-order valence-electron chi connectivity index (χ0n) is 11.0. The number of halogens is 2. The van der Waals surface area contributed by atoms with E-state index in [0.29, 0.717) is 16.6 Å². The maximum atomic E-state index is 6.01. The Hall–Kier alpha value is -1.97. The molecule has 3 rings (SSSR count). The summed E-state index contributed by atoms with van der Waals surface area (Å²) in [6.07, 6.45) is 3.11. The van der Waals surface area contributed by atoms with E-state index in [-0.39, 0.29) is 0 Å². The van der Waals surface area contributed by atoms with Crippen LogP contribution in [0.5, 0.6) is 0 Å². The van der Waals surface area contributed by atoms with E-state index >= 15 is 0 Å². The summed E-state index contributed by atoms with van der Waals surface area (Å²) in [5.41, 5.74) is 3.04. The van der Waals surface area contributed by atoms with Crippen LogP contribution in [-0.4, -0.2) is 4.98 Å². The summed E-state index contributed by atoms with van der Waals surface area (Å²) in [6, 6.07) is 13.6. The van der Waals surface area contributed by atoms with Gasteiger partial charge in [0.15, 0.2) is 12.2 Å². The Kier molecular flexibility index (Phi) is 4.13. The van der Waals surface area contributed by atoms with Crippen molar-refractivity contribution in [2.24, 2.45) is 0 Å². The second-order valence-electron chi connectivity index (χ2n) is 4.55. The highest BCUT2D eigenvalue weighted by Gasteiger charge is 2.03. The summed E-state index contributed by atoms with van der Waals surface area (Å²) < 4.78 is 5.30. The largest absolute Gasteiger partial charge is 0.444 e. The van der Waals surface area contributed by atoms with Gasteiger partial charge in [-0.1, -0.05) is 41.4 Å². The molecule has 3 nitrogen and oxygen atoms in total. The molecule has 1 N–H and O–H groups in total. The lowest BCUT2D eigenvalue weighted by Gasteiger charge is -2.08. The van der Waals surface area contributed by atoms with Crippen LogP contribution in [0.1, 0.15) is 5.56 Å². The van der Waals surface area contributed by atoms with Gasteiger partial charge in [0.1, 0.15) is 0 Å². The fraction of sp³-hybridized carbons (Fsp3) is 0.0625. The highest BCUT2D eigenvalue weighted by Crippen LogP contribution is 2.24. The first-order valence-corrected chi connectivity index (χ1v) is 7.15. The normalized spacial score (nSPS) is 10.6. The molecule has 0 atom stereocenters. The van der Waals surface area contributed by atoms with Crippen molar-refractivity contribution < 1.29 is 4.42 Å². The van der Waals surface area contributed by atoms with Gasteiger partial charge in [0, 0.05) is 17.8 Å². The highest BCUT2D eigenvalue weighted by atomic mass is 35.5. The molecule has 0 aliphatic heterocycles. The van der Waals surface area contributed by atoms with Crippen molar-refractivity contribution in [3.05, 3.63) is 70.7 Å². The topological polar surface area (TPSA) is 38.1 Å². The molecule has 0 radical (unpaired) electrons. The van der Waals surface area contributed by atoms with E-state index < -0.39 is 0 Å². The van der Waals surface area contributed by atoms with Gasteiger partial charge in [-0.2, -0.15) is 0 Å². The maximum absolute atomic E-state index is 6.01. The van der Waals surface area contributed by atoms with Crippen LogP contribution >= 0.6 is 23.2 Å². The summed E-state index contributed by atoms with van der Waals surface area (Å²) in [5.74, 6) is 0.744. The molecule has 0 saturated carbocycles. The number of benzene rings is 2. The predicted octanol–water partition coefficient (Wildman–Crippen LogP) is 5.26. The fourth-order valence-corrected chi connectivity index (χ4v) is 2.32. The number of rotatable bonds is 4. The monoisotopic (exact) mass is 318 g/mol. The molecule has 21 heavy (non-hydrogen) atoms. The average molecular weight is 319 g/mol. The molecule has 0 amide bonds. The lowest BCUT2D eigenvalue weighted by atomic mass is 10.1. The number of nitrogens with one attached hydrogen (secondary N) is 1. The third kappa shape index (κ3) is 3.38. The first-order chi connectivity index (χ1) is 10.2. The lowest BCUT2D eigenvalue weighted by molar-refractivity contribution is 0.572. The van der Waals surface area contributed by atoms with Crippen molar-refractivity contribution in [2.75, 3.05) is 5.32 Å². The van der Waals surface area contributed by atoms with Crippen LogP contribution in [0.3, 0.4) is 0 Å². The van der Waals surface area contributed by atoms with E-state index in [2.05, 4.69) is 10.3 Å². The van der Waals surface area contributed by atoms with Gasteiger partial charge in [-0.25, -0.2) is 4.98 Å². The van der Waals surface area contributed by atoms with Gasteiger partial charge < -0.3 is 9.73 Å². The van der Waals surface area contributed by atoms with Crippen molar-refractivity contribution in [1.29, 1.82) is 0 Å². The lowest BCUT2D eigenvalue weighted by Crippen LogP contribution is -1.99. The third-order valence-electron chi connectivity index (χ3n) is 3.06. The summed E-state index contributed by atoms with van der Waals surface area (Å²) in [7, 11) is 0. The molecule has 106 valence electrons. The molecule has 0 bridgehead atoms. The smallest absolute Gasteiger partial charge is 0.181 e. The predicted molar refractivity (Wildman–Crippen MR) is 85.7 cm³/mol. The van der Waals surface area contributed by atoms with Crippen LogP contribution in [0.25, 0.3) is 11.3 Å². The molecule has 1 aromatic heterocycles. The Balaban J connectivity index is 1.73. The summed E-state index contributed by atoms with van der Waals surface area (Å²) in [5, 5.41) is 4.47. The van der Waals surface area contributed by atoms with E-state index in [1.165, 1.54) is 6.39 Å². The Morgan fingerprint density at radius 2 is 1.95 bits per heavy atom. The molecule has 0 spiro atoms. The second kappa shape index (κ2) is 6.20. The number of hydrogen-bond donors (Lipinski definition) is 1. The van der Waals surface area contributed by atoms with Crippen LogP contribution in [0, 0.1) is 0 Å². The molecule has 0 aliphatic carbocycles. The number of aromatic nitrogens is 1. The fourth-order valence-electron chi connectivity index (χ4n) is 1.99. The van der Waals surface area contributed by atoms with Gasteiger partial charge in [-0.3, -0.25) is 0 Å². The SMILES string of the molecule is Clc1ccc(CNc2cccc(-c3cnco3)c2)cc1Cl. The molecule has 5 heteroatoms. The zero-order valence-corrected chi connectivity index (χ0v) is 12.5. The third-order valence-corrected chi connectivity index (χ3v) is 3.80. The van der Waals surface area contributed by atoms with Crippen LogP contribution in [0.2, 0.25) is 10.0 Å². The van der Waals surface area contributed by atoms with E-state index in [0.717, 1.165) is 22.6 Å². The minimum absolute atomic E-state index is 0.561. The van der Waals surface area contributed by atoms with Crippen LogP contribution in [-0.2, 0) is 6.54 Å². The summed E-state index contributed by atoms with van der Waals surface area (Å²) >= 11 is 11.9. The maximum Gasteiger partial charge on any atom is 0.181 e. The molecule has 0 unspecified atom stereocenters. The Morgan fingerprint density at radius 3 is 2.71 bits per heavy atom. The minimum atomic E-state index is 0.561. The first kappa shape index (κ1) is 14.0. The van der Waals surface area contributed by atoms with Gasteiger partial charge in [0.2, 0.25) is 0 Å². The van der Waals surface area contributed by atoms with Crippen LogP contribution in [0.4, 0.5) is 5.69 Å². The van der Waals surface area contributed by atoms with Gasteiger partial charge in [-0.15, -0.1) is 0 Å². The molecular weight excluding hydrogens is 307 g/mol. The molecular formula is C16H12Cl2N2O. The summed E-state index contributed by atoms with van der Waals surface area (Å²) in [6.45, 7) is 0.663. The average Bonchev–Trinajstić information content (AvgIpc) is 3.03. The number of anilines is 1. The quantitative estimate of drug-likeness (QED) is 0.713. The Labute approximate surface area is 132 Å². The molecule has 3 aromatic rings. The molecule has 0 fully saturated rings. The Bertz CT molecular complexity index is 742. The van der Waals surface area contributed by atoms with Crippen LogP contribution in [0.15, 0.2) is 59.5 Å². The van der Waals surface area contributed by atoms with Gasteiger partial charge in [0.25, 0.3) is 0 Å². The van der Waals surface area contributed by atoms with Crippen molar-refractivity contribution in [3.8, 4) is 11.3 Å². The van der Waals surface area contributed by atoms with Crippen molar-refractivity contribution >= 4 is 28.9 Å². The summed E-state index contributed by atoms with van der Waals surface area (Å²) in [4.78, 5) is 3.93. The van der Waals surface area contributed by atoms with E-state index in [1.54, 1.807) is 12.3 Å². The zero-order chi connectivity index (χ0) is 14.7. The highest BCUT2D eigenvalue weighted by molar-refractivity contribution is 6.42. The van der Waals surface area contributed by atoms with Crippen molar-refractivity contribution in [3.63, 3.8) is 0 Å². The second-order valence-corrected chi connectivity index (χ2v) is 5.36. The molecule has 1 heterocycles. The first-order valence-electron chi connectivity index (χ1n) is 6.39. The number of nitrogens with zero attached hydrogens (tertiary/aromatic N) is 1. The van der Waals surface area contributed by atoms with E-state index in [1.807, 2.05) is 36.4 Å². The van der Waals surface area contributed by atoms with Gasteiger partial charge >= 0.3 is 0 Å². The minimum Gasteiger partial charge on any atom is -0.444 e. The Morgan fingerprint density at radius 1 is 1.05 bits per heavy atom. The van der Waals surface area contributed by atoms with Crippen molar-refractivity contribution in [1.82, 2.24) is 4.98 Å². The molecule has 0 saturated heterocycles.